The van der Waals surface area contributed by atoms with Gasteiger partial charge in [0, 0.05) is 33.2 Å². The maximum atomic E-state index is 12.4. The van der Waals surface area contributed by atoms with E-state index >= 15 is 0 Å². The fourth-order valence-corrected chi connectivity index (χ4v) is 3.57. The van der Waals surface area contributed by atoms with Crippen LogP contribution in [0.25, 0.3) is 0 Å². The van der Waals surface area contributed by atoms with Crippen LogP contribution < -0.4 is 15.4 Å². The van der Waals surface area contributed by atoms with Crippen LogP contribution >= 0.6 is 0 Å². The van der Waals surface area contributed by atoms with E-state index in [4.69, 9.17) is 4.74 Å². The maximum absolute atomic E-state index is 12.4. The lowest BCUT2D eigenvalue weighted by Crippen LogP contribution is -2.56. The van der Waals surface area contributed by atoms with E-state index in [1.807, 2.05) is 29.2 Å². The minimum atomic E-state index is -0.218. The van der Waals surface area contributed by atoms with E-state index in [1.54, 1.807) is 19.1 Å². The van der Waals surface area contributed by atoms with Crippen molar-refractivity contribution in [1.29, 1.82) is 0 Å². The Morgan fingerprint density at radius 2 is 2.12 bits per heavy atom. The van der Waals surface area contributed by atoms with Crippen molar-refractivity contribution < 1.29 is 14.3 Å². The number of methoxy groups -OCH3 is 1. The third kappa shape index (κ3) is 2.98. The number of urea groups is 2. The number of nitrogens with one attached hydrogen (secondary N) is 2. The Balaban J connectivity index is 1.74. The smallest absolute Gasteiger partial charge is 0.318 e. The highest BCUT2D eigenvalue weighted by Crippen LogP contribution is 2.33. The normalized spacial score (nSPS) is 19.3. The Kier molecular flexibility index (Phi) is 4.51. The van der Waals surface area contributed by atoms with E-state index in [1.165, 1.54) is 0 Å². The van der Waals surface area contributed by atoms with E-state index in [2.05, 4.69) is 10.6 Å². The van der Waals surface area contributed by atoms with Gasteiger partial charge in [-0.2, -0.15) is 0 Å². The summed E-state index contributed by atoms with van der Waals surface area (Å²) in [6.07, 6.45) is 1.56. The van der Waals surface area contributed by atoms with Gasteiger partial charge in [0.1, 0.15) is 5.75 Å². The molecule has 0 bridgehead atoms. The van der Waals surface area contributed by atoms with Crippen molar-refractivity contribution in [3.05, 3.63) is 29.8 Å². The summed E-state index contributed by atoms with van der Waals surface area (Å²) >= 11 is 0. The zero-order valence-electron chi connectivity index (χ0n) is 14.2. The number of benzene rings is 1. The number of likely N-dealkylation sites (tertiary alicyclic amines) is 1. The van der Waals surface area contributed by atoms with Crippen molar-refractivity contribution in [2.24, 2.45) is 0 Å². The molecule has 0 radical (unpaired) electrons. The van der Waals surface area contributed by atoms with Gasteiger partial charge in [-0.3, -0.25) is 0 Å². The second kappa shape index (κ2) is 6.59. The molecule has 2 fully saturated rings. The molecular formula is C17H24N4O3. The molecule has 0 atom stereocenters. The van der Waals surface area contributed by atoms with Crippen LogP contribution in [0.4, 0.5) is 9.59 Å². The van der Waals surface area contributed by atoms with Crippen molar-refractivity contribution in [3.63, 3.8) is 0 Å². The molecule has 24 heavy (non-hydrogen) atoms. The monoisotopic (exact) mass is 332 g/mol. The molecule has 7 heteroatoms. The molecule has 0 unspecified atom stereocenters. The Labute approximate surface area is 141 Å². The van der Waals surface area contributed by atoms with E-state index in [0.29, 0.717) is 26.2 Å². The number of hydrogen-bond acceptors (Lipinski definition) is 3. The van der Waals surface area contributed by atoms with Crippen LogP contribution in [0.3, 0.4) is 0 Å². The highest BCUT2D eigenvalue weighted by atomic mass is 16.5. The first-order valence-electron chi connectivity index (χ1n) is 8.23. The van der Waals surface area contributed by atoms with Gasteiger partial charge in [-0.15, -0.1) is 0 Å². The number of carbonyl (C=O) groups is 2. The molecule has 1 aromatic rings. The lowest BCUT2D eigenvalue weighted by atomic mass is 9.86. The van der Waals surface area contributed by atoms with Gasteiger partial charge in [-0.25, -0.2) is 9.59 Å². The number of piperidine rings is 1. The summed E-state index contributed by atoms with van der Waals surface area (Å²) in [6, 6.07) is 7.70. The molecule has 2 heterocycles. The molecule has 7 nitrogen and oxygen atoms in total. The van der Waals surface area contributed by atoms with Crippen LogP contribution in [0.1, 0.15) is 18.4 Å². The Morgan fingerprint density at radius 3 is 2.79 bits per heavy atom. The second-order valence-electron chi connectivity index (χ2n) is 6.36. The number of ether oxygens (including phenoxy) is 1. The minimum absolute atomic E-state index is 0.0359. The van der Waals surface area contributed by atoms with Crippen molar-refractivity contribution in [2.45, 2.75) is 24.9 Å². The van der Waals surface area contributed by atoms with Gasteiger partial charge in [-0.1, -0.05) is 12.1 Å². The molecule has 0 saturated carbocycles. The molecule has 0 aromatic heterocycles. The second-order valence-corrected chi connectivity index (χ2v) is 6.36. The van der Waals surface area contributed by atoms with E-state index in [-0.39, 0.29) is 17.6 Å². The molecule has 2 saturated heterocycles. The van der Waals surface area contributed by atoms with E-state index in [9.17, 15) is 9.59 Å². The number of hydrogen-bond donors (Lipinski definition) is 2. The molecule has 4 amide bonds. The van der Waals surface area contributed by atoms with E-state index < -0.39 is 0 Å². The number of amides is 4. The molecular weight excluding hydrogens is 308 g/mol. The first-order chi connectivity index (χ1) is 11.6. The first kappa shape index (κ1) is 16.4. The van der Waals surface area contributed by atoms with Crippen LogP contribution in [0.5, 0.6) is 5.75 Å². The topological polar surface area (TPSA) is 73.9 Å². The third-order valence-electron chi connectivity index (χ3n) is 5.06. The highest BCUT2D eigenvalue weighted by Gasteiger charge is 2.47. The average molecular weight is 332 g/mol. The largest absolute Gasteiger partial charge is 0.497 e. The van der Waals surface area contributed by atoms with Crippen molar-refractivity contribution >= 4 is 12.1 Å². The standard InChI is InChI=1S/C17H24N4O3/c1-18-15(22)20-8-6-17(7-9-20)12-19-16(23)21(17)11-13-4-3-5-14(10-13)24-2/h3-5,10H,6-9,11-12H2,1-2H3,(H,18,22)(H,19,23). The van der Waals surface area contributed by atoms with Gasteiger partial charge in [-0.05, 0) is 30.5 Å². The Hall–Kier alpha value is -2.44. The minimum Gasteiger partial charge on any atom is -0.497 e. The summed E-state index contributed by atoms with van der Waals surface area (Å²) in [6.45, 7) is 2.49. The highest BCUT2D eigenvalue weighted by molar-refractivity contribution is 5.78. The van der Waals surface area contributed by atoms with Crippen molar-refractivity contribution in [3.8, 4) is 5.75 Å². The SMILES string of the molecule is CNC(=O)N1CCC2(CC1)CNC(=O)N2Cc1cccc(OC)c1. The predicted molar refractivity (Wildman–Crippen MR) is 89.9 cm³/mol. The number of carbonyl (C=O) groups excluding carboxylic acids is 2. The number of nitrogens with zero attached hydrogens (tertiary/aromatic N) is 2. The molecule has 3 rings (SSSR count). The maximum Gasteiger partial charge on any atom is 0.318 e. The molecule has 1 spiro atoms. The third-order valence-corrected chi connectivity index (χ3v) is 5.06. The van der Waals surface area contributed by atoms with Crippen LogP contribution in [0.15, 0.2) is 24.3 Å². The summed E-state index contributed by atoms with van der Waals surface area (Å²) in [5.74, 6) is 0.788. The molecule has 130 valence electrons. The van der Waals surface area contributed by atoms with Crippen LogP contribution in [-0.4, -0.2) is 61.2 Å². The van der Waals surface area contributed by atoms with E-state index in [0.717, 1.165) is 24.2 Å². The quantitative estimate of drug-likeness (QED) is 0.878. The van der Waals surface area contributed by atoms with Gasteiger partial charge in [0.05, 0.1) is 12.6 Å². The zero-order valence-corrected chi connectivity index (χ0v) is 14.2. The molecule has 2 aliphatic heterocycles. The summed E-state index contributed by atoms with van der Waals surface area (Å²) in [4.78, 5) is 27.9. The Bertz CT molecular complexity index is 626. The predicted octanol–water partition coefficient (Wildman–Crippen LogP) is 1.39. The molecule has 2 N–H and O–H groups in total. The van der Waals surface area contributed by atoms with Crippen molar-refractivity contribution in [2.75, 3.05) is 33.8 Å². The zero-order chi connectivity index (χ0) is 17.2. The lowest BCUT2D eigenvalue weighted by molar-refractivity contribution is 0.0833. The van der Waals surface area contributed by atoms with Crippen LogP contribution in [0, 0.1) is 0 Å². The lowest BCUT2D eigenvalue weighted by Gasteiger charge is -2.43. The van der Waals surface area contributed by atoms with Crippen LogP contribution in [-0.2, 0) is 6.54 Å². The Morgan fingerprint density at radius 1 is 1.38 bits per heavy atom. The van der Waals surface area contributed by atoms with Gasteiger partial charge < -0.3 is 25.2 Å². The molecule has 0 aliphatic carbocycles. The van der Waals surface area contributed by atoms with Crippen molar-refractivity contribution in [1.82, 2.24) is 20.4 Å². The molecule has 1 aromatic carbocycles. The van der Waals surface area contributed by atoms with Gasteiger partial charge in [0.15, 0.2) is 0 Å². The molecule has 2 aliphatic rings. The van der Waals surface area contributed by atoms with Gasteiger partial charge in [0.2, 0.25) is 0 Å². The fourth-order valence-electron chi connectivity index (χ4n) is 3.57. The number of rotatable bonds is 3. The summed E-state index contributed by atoms with van der Waals surface area (Å²) in [7, 11) is 3.28. The van der Waals surface area contributed by atoms with Gasteiger partial charge >= 0.3 is 12.1 Å². The van der Waals surface area contributed by atoms with Gasteiger partial charge in [0.25, 0.3) is 0 Å². The average Bonchev–Trinajstić information content (AvgIpc) is 2.91. The first-order valence-corrected chi connectivity index (χ1v) is 8.23. The van der Waals surface area contributed by atoms with Crippen LogP contribution in [0.2, 0.25) is 0 Å². The fraction of sp³-hybridized carbons (Fsp3) is 0.529. The summed E-state index contributed by atoms with van der Waals surface area (Å²) in [5.41, 5.74) is 0.824. The summed E-state index contributed by atoms with van der Waals surface area (Å²) in [5, 5.41) is 5.64. The summed E-state index contributed by atoms with van der Waals surface area (Å²) < 4.78 is 5.27.